The van der Waals surface area contributed by atoms with Crippen LogP contribution in [0.5, 0.6) is 0 Å². The first-order chi connectivity index (χ1) is 14.7. The third-order valence-electron chi connectivity index (χ3n) is 4.22. The highest BCUT2D eigenvalue weighted by Gasteiger charge is 2.07. The monoisotopic (exact) mass is 441 g/mol. The standard InChI is InChI=1S/C21H39N5O5/c1-4-5-17(27)23-12-7-19(29)25-14-9-21(31)26-15-10-20(30)24-13-8-18(28)22-11-6-16(2)3/h16H,4-15H2,1-3H3,(H,22,28)(H,23,27)(H,24,30)(H,25,29)(H,26,31). The Morgan fingerprint density at radius 1 is 0.516 bits per heavy atom. The van der Waals surface area contributed by atoms with E-state index in [4.69, 9.17) is 0 Å². The van der Waals surface area contributed by atoms with Crippen molar-refractivity contribution in [3.8, 4) is 0 Å². The van der Waals surface area contributed by atoms with Gasteiger partial charge in [0.1, 0.15) is 0 Å². The summed E-state index contributed by atoms with van der Waals surface area (Å²) in [7, 11) is 0. The van der Waals surface area contributed by atoms with Crippen molar-refractivity contribution >= 4 is 29.5 Å². The molecule has 0 aromatic heterocycles. The topological polar surface area (TPSA) is 146 Å². The molecule has 0 spiro atoms. The van der Waals surface area contributed by atoms with Crippen LogP contribution in [-0.4, -0.2) is 62.3 Å². The highest BCUT2D eigenvalue weighted by atomic mass is 16.2. The van der Waals surface area contributed by atoms with E-state index in [0.717, 1.165) is 12.8 Å². The molecule has 0 unspecified atom stereocenters. The molecule has 10 heteroatoms. The van der Waals surface area contributed by atoms with Crippen LogP contribution in [0.4, 0.5) is 0 Å². The highest BCUT2D eigenvalue weighted by Crippen LogP contribution is 1.96. The molecule has 10 nitrogen and oxygen atoms in total. The Hall–Kier alpha value is -2.65. The minimum Gasteiger partial charge on any atom is -0.356 e. The summed E-state index contributed by atoms with van der Waals surface area (Å²) in [6, 6.07) is 0. The van der Waals surface area contributed by atoms with Crippen LogP contribution in [0.15, 0.2) is 0 Å². The van der Waals surface area contributed by atoms with E-state index in [1.54, 1.807) is 0 Å². The summed E-state index contributed by atoms with van der Waals surface area (Å²) in [6.07, 6.45) is 2.71. The minimum absolute atomic E-state index is 0.0800. The van der Waals surface area contributed by atoms with Gasteiger partial charge in [-0.3, -0.25) is 24.0 Å². The molecule has 0 aliphatic carbocycles. The maximum atomic E-state index is 11.7. The van der Waals surface area contributed by atoms with Crippen molar-refractivity contribution in [3.63, 3.8) is 0 Å². The van der Waals surface area contributed by atoms with Crippen molar-refractivity contribution in [2.75, 3.05) is 32.7 Å². The second kappa shape index (κ2) is 18.1. The SMILES string of the molecule is CCCC(=O)NCCC(=O)NCCC(=O)NCCC(=O)NCCC(=O)NCCC(C)C. The Bertz CT molecular complexity index is 581. The Balaban J connectivity index is 3.65. The lowest BCUT2D eigenvalue weighted by Crippen LogP contribution is -2.35. The molecule has 178 valence electrons. The second-order valence-electron chi connectivity index (χ2n) is 7.68. The molecule has 5 N–H and O–H groups in total. The number of hydrogen-bond donors (Lipinski definition) is 5. The van der Waals surface area contributed by atoms with Gasteiger partial charge < -0.3 is 26.6 Å². The molecule has 0 aromatic carbocycles. The van der Waals surface area contributed by atoms with Gasteiger partial charge in [-0.05, 0) is 18.8 Å². The van der Waals surface area contributed by atoms with Crippen LogP contribution in [0.2, 0.25) is 0 Å². The smallest absolute Gasteiger partial charge is 0.221 e. The zero-order valence-electron chi connectivity index (χ0n) is 19.1. The summed E-state index contributed by atoms with van der Waals surface area (Å²) in [5, 5.41) is 13.3. The summed E-state index contributed by atoms with van der Waals surface area (Å²) >= 11 is 0. The number of carbonyl (C=O) groups excluding carboxylic acids is 5. The van der Waals surface area contributed by atoms with Crippen molar-refractivity contribution in [1.29, 1.82) is 0 Å². The molecule has 0 aliphatic rings. The fourth-order valence-electron chi connectivity index (χ4n) is 2.43. The van der Waals surface area contributed by atoms with Gasteiger partial charge in [-0.25, -0.2) is 0 Å². The maximum absolute atomic E-state index is 11.7. The van der Waals surface area contributed by atoms with E-state index in [-0.39, 0.29) is 81.4 Å². The van der Waals surface area contributed by atoms with Gasteiger partial charge >= 0.3 is 0 Å². The number of nitrogens with one attached hydrogen (secondary N) is 5. The quantitative estimate of drug-likeness (QED) is 0.215. The van der Waals surface area contributed by atoms with Crippen LogP contribution in [0.25, 0.3) is 0 Å². The molecule has 0 fully saturated rings. The lowest BCUT2D eigenvalue weighted by Gasteiger charge is -2.09. The average Bonchev–Trinajstić information content (AvgIpc) is 2.68. The molecular weight excluding hydrogens is 402 g/mol. The first kappa shape index (κ1) is 28.4. The number of hydrogen-bond acceptors (Lipinski definition) is 5. The summed E-state index contributed by atoms with van der Waals surface area (Å²) < 4.78 is 0. The van der Waals surface area contributed by atoms with Gasteiger partial charge in [-0.15, -0.1) is 0 Å². The van der Waals surface area contributed by atoms with Crippen molar-refractivity contribution in [3.05, 3.63) is 0 Å². The van der Waals surface area contributed by atoms with Crippen molar-refractivity contribution in [1.82, 2.24) is 26.6 Å². The van der Waals surface area contributed by atoms with Crippen LogP contribution in [0, 0.1) is 5.92 Å². The van der Waals surface area contributed by atoms with Crippen LogP contribution < -0.4 is 26.6 Å². The summed E-state index contributed by atoms with van der Waals surface area (Å²) in [5.74, 6) is -0.404. The molecule has 0 atom stereocenters. The highest BCUT2D eigenvalue weighted by molar-refractivity contribution is 5.81. The minimum atomic E-state index is -0.270. The number of amides is 5. The van der Waals surface area contributed by atoms with E-state index in [1.165, 1.54) is 0 Å². The van der Waals surface area contributed by atoms with E-state index in [1.807, 2.05) is 6.92 Å². The molecule has 5 amide bonds. The zero-order valence-corrected chi connectivity index (χ0v) is 19.1. The van der Waals surface area contributed by atoms with E-state index >= 15 is 0 Å². The molecule has 0 rings (SSSR count). The van der Waals surface area contributed by atoms with Gasteiger partial charge in [-0.1, -0.05) is 20.8 Å². The Morgan fingerprint density at radius 3 is 1.10 bits per heavy atom. The molecule has 0 radical (unpaired) electrons. The number of rotatable bonds is 17. The molecule has 0 aromatic rings. The number of carbonyl (C=O) groups is 5. The Morgan fingerprint density at radius 2 is 0.806 bits per heavy atom. The van der Waals surface area contributed by atoms with Crippen LogP contribution >= 0.6 is 0 Å². The molecular formula is C21H39N5O5. The molecule has 0 aliphatic heterocycles. The predicted octanol–water partition coefficient (Wildman–Crippen LogP) is -0.0260. The average molecular weight is 442 g/mol. The van der Waals surface area contributed by atoms with Gasteiger partial charge in [0, 0.05) is 64.8 Å². The van der Waals surface area contributed by atoms with E-state index in [2.05, 4.69) is 40.4 Å². The molecule has 0 saturated carbocycles. The van der Waals surface area contributed by atoms with Crippen molar-refractivity contribution in [2.24, 2.45) is 5.92 Å². The largest absolute Gasteiger partial charge is 0.356 e. The van der Waals surface area contributed by atoms with E-state index < -0.39 is 0 Å². The molecule has 0 bridgehead atoms. The van der Waals surface area contributed by atoms with Crippen molar-refractivity contribution in [2.45, 2.75) is 65.7 Å². The summed E-state index contributed by atoms with van der Waals surface area (Å²) in [5.41, 5.74) is 0. The van der Waals surface area contributed by atoms with E-state index in [9.17, 15) is 24.0 Å². The predicted molar refractivity (Wildman–Crippen MR) is 118 cm³/mol. The normalized spacial score (nSPS) is 10.3. The summed E-state index contributed by atoms with van der Waals surface area (Å²) in [4.78, 5) is 58.0. The fourth-order valence-corrected chi connectivity index (χ4v) is 2.43. The van der Waals surface area contributed by atoms with Crippen LogP contribution in [0.3, 0.4) is 0 Å². The Kier molecular flexibility index (Phi) is 16.6. The van der Waals surface area contributed by atoms with E-state index in [0.29, 0.717) is 18.9 Å². The van der Waals surface area contributed by atoms with Gasteiger partial charge in [0.25, 0.3) is 0 Å². The molecule has 31 heavy (non-hydrogen) atoms. The van der Waals surface area contributed by atoms with Crippen LogP contribution in [0.1, 0.15) is 65.7 Å². The Labute approximate surface area is 185 Å². The molecule has 0 saturated heterocycles. The van der Waals surface area contributed by atoms with Gasteiger partial charge in [0.05, 0.1) is 0 Å². The van der Waals surface area contributed by atoms with Gasteiger partial charge in [-0.2, -0.15) is 0 Å². The first-order valence-electron chi connectivity index (χ1n) is 11.1. The van der Waals surface area contributed by atoms with Crippen LogP contribution in [-0.2, 0) is 24.0 Å². The fraction of sp³-hybridized carbons (Fsp3) is 0.762. The molecule has 0 heterocycles. The van der Waals surface area contributed by atoms with Crippen molar-refractivity contribution < 1.29 is 24.0 Å². The first-order valence-corrected chi connectivity index (χ1v) is 11.1. The third-order valence-corrected chi connectivity index (χ3v) is 4.22. The third kappa shape index (κ3) is 19.1. The zero-order chi connectivity index (χ0) is 23.5. The maximum Gasteiger partial charge on any atom is 0.221 e. The van der Waals surface area contributed by atoms with Gasteiger partial charge in [0.15, 0.2) is 0 Å². The lowest BCUT2D eigenvalue weighted by molar-refractivity contribution is -0.124. The van der Waals surface area contributed by atoms with Gasteiger partial charge in [0.2, 0.25) is 29.5 Å². The summed E-state index contributed by atoms with van der Waals surface area (Å²) in [6.45, 7) is 7.59. The lowest BCUT2D eigenvalue weighted by atomic mass is 10.1. The second-order valence-corrected chi connectivity index (χ2v) is 7.68.